The number of alkyl halides is 2. The fraction of sp³-hybridized carbons (Fsp3) is 0.0833. The van der Waals surface area contributed by atoms with Crippen LogP contribution in [0.2, 0.25) is 5.15 Å². The molecule has 2 rings (SSSR count). The van der Waals surface area contributed by atoms with Crippen LogP contribution in [0, 0.1) is 5.82 Å². The van der Waals surface area contributed by atoms with E-state index in [9.17, 15) is 13.2 Å². The van der Waals surface area contributed by atoms with Crippen LogP contribution in [0.1, 0.15) is 12.0 Å². The van der Waals surface area contributed by atoms with E-state index in [0.29, 0.717) is 5.56 Å². The van der Waals surface area contributed by atoms with Crippen molar-refractivity contribution in [2.45, 2.75) is 6.43 Å². The third-order valence-electron chi connectivity index (χ3n) is 2.30. The zero-order chi connectivity index (χ0) is 12.4. The molecule has 1 nitrogen and oxygen atoms in total. The molecule has 0 bridgehead atoms. The Morgan fingerprint density at radius 3 is 2.35 bits per heavy atom. The fourth-order valence-corrected chi connectivity index (χ4v) is 1.60. The molecule has 0 fully saturated rings. The molecule has 1 heterocycles. The number of rotatable bonds is 2. The van der Waals surface area contributed by atoms with Crippen molar-refractivity contribution in [1.29, 1.82) is 0 Å². The summed E-state index contributed by atoms with van der Waals surface area (Å²) in [5.74, 6) is -0.542. The van der Waals surface area contributed by atoms with Crippen molar-refractivity contribution >= 4 is 11.6 Å². The van der Waals surface area contributed by atoms with Gasteiger partial charge in [-0.1, -0.05) is 35.9 Å². The highest BCUT2D eigenvalue weighted by Crippen LogP contribution is 2.27. The largest absolute Gasteiger partial charge is 0.263 e. The zero-order valence-corrected chi connectivity index (χ0v) is 9.26. The highest BCUT2D eigenvalue weighted by molar-refractivity contribution is 6.29. The van der Waals surface area contributed by atoms with Gasteiger partial charge in [0.05, 0.1) is 6.20 Å². The first-order valence-corrected chi connectivity index (χ1v) is 5.15. The molecule has 0 saturated carbocycles. The van der Waals surface area contributed by atoms with Gasteiger partial charge in [-0.3, -0.25) is 0 Å². The van der Waals surface area contributed by atoms with E-state index in [0.717, 1.165) is 6.20 Å². The van der Waals surface area contributed by atoms with Gasteiger partial charge in [0, 0.05) is 11.1 Å². The summed E-state index contributed by atoms with van der Waals surface area (Å²) in [6, 6.07) is 6.72. The molecule has 0 saturated heterocycles. The van der Waals surface area contributed by atoms with E-state index in [1.807, 2.05) is 0 Å². The first kappa shape index (κ1) is 11.9. The Hall–Kier alpha value is -1.55. The molecule has 0 N–H and O–H groups in total. The maximum Gasteiger partial charge on any atom is 0.263 e. The lowest BCUT2D eigenvalue weighted by Gasteiger charge is -2.05. The van der Waals surface area contributed by atoms with Crippen LogP contribution in [0.3, 0.4) is 0 Å². The Bertz CT molecular complexity index is 526. The van der Waals surface area contributed by atoms with Gasteiger partial charge in [0.2, 0.25) is 0 Å². The highest BCUT2D eigenvalue weighted by atomic mass is 35.5. The second-order valence-corrected chi connectivity index (χ2v) is 3.80. The minimum atomic E-state index is -2.53. The van der Waals surface area contributed by atoms with Gasteiger partial charge in [0.1, 0.15) is 11.0 Å². The number of nitrogens with zero attached hydrogens (tertiary/aromatic N) is 1. The molecular weight excluding hydrogens is 251 g/mol. The van der Waals surface area contributed by atoms with Gasteiger partial charge >= 0.3 is 0 Å². The minimum Gasteiger partial charge on any atom is -0.241 e. The molecule has 0 radical (unpaired) electrons. The Balaban J connectivity index is 2.43. The van der Waals surface area contributed by atoms with E-state index in [1.165, 1.54) is 30.3 Å². The van der Waals surface area contributed by atoms with E-state index < -0.39 is 12.2 Å². The highest BCUT2D eigenvalue weighted by Gasteiger charge is 2.09. The van der Waals surface area contributed by atoms with E-state index >= 15 is 0 Å². The summed E-state index contributed by atoms with van der Waals surface area (Å²) in [6.45, 7) is 0. The molecule has 0 aliphatic carbocycles. The monoisotopic (exact) mass is 257 g/mol. The summed E-state index contributed by atoms with van der Waals surface area (Å²) >= 11 is 5.65. The predicted molar refractivity (Wildman–Crippen MR) is 59.6 cm³/mol. The van der Waals surface area contributed by atoms with Crippen LogP contribution in [-0.2, 0) is 0 Å². The van der Waals surface area contributed by atoms with Crippen molar-refractivity contribution in [2.24, 2.45) is 0 Å². The number of halogens is 4. The first-order chi connectivity index (χ1) is 8.08. The molecule has 17 heavy (non-hydrogen) atoms. The molecule has 0 unspecified atom stereocenters. The second-order valence-electron chi connectivity index (χ2n) is 3.41. The molecule has 0 aliphatic heterocycles. The third kappa shape index (κ3) is 2.58. The quantitative estimate of drug-likeness (QED) is 0.723. The summed E-state index contributed by atoms with van der Waals surface area (Å²) in [6.07, 6.45) is -1.53. The first-order valence-electron chi connectivity index (χ1n) is 4.77. The summed E-state index contributed by atoms with van der Waals surface area (Å²) in [7, 11) is 0. The third-order valence-corrected chi connectivity index (χ3v) is 2.50. The van der Waals surface area contributed by atoms with Gasteiger partial charge in [-0.15, -0.1) is 0 Å². The number of hydrogen-bond donors (Lipinski definition) is 0. The Morgan fingerprint density at radius 2 is 1.76 bits per heavy atom. The average molecular weight is 258 g/mol. The topological polar surface area (TPSA) is 12.9 Å². The van der Waals surface area contributed by atoms with Crippen molar-refractivity contribution < 1.29 is 13.2 Å². The Kier molecular flexibility index (Phi) is 3.33. The lowest BCUT2D eigenvalue weighted by Crippen LogP contribution is -1.88. The molecular formula is C12H7ClF3N. The van der Waals surface area contributed by atoms with Crippen LogP contribution in [0.4, 0.5) is 13.2 Å². The number of benzene rings is 1. The molecule has 0 aliphatic rings. The smallest absolute Gasteiger partial charge is 0.241 e. The normalized spacial score (nSPS) is 10.9. The molecule has 1 aromatic heterocycles. The molecule has 0 atom stereocenters. The van der Waals surface area contributed by atoms with Gasteiger partial charge in [0.15, 0.2) is 0 Å². The summed E-state index contributed by atoms with van der Waals surface area (Å²) in [4.78, 5) is 3.58. The second kappa shape index (κ2) is 4.75. The maximum absolute atomic E-state index is 13.4. The summed E-state index contributed by atoms with van der Waals surface area (Å²) < 4.78 is 38.1. The lowest BCUT2D eigenvalue weighted by molar-refractivity contribution is 0.151. The van der Waals surface area contributed by atoms with Crippen LogP contribution in [-0.4, -0.2) is 4.98 Å². The maximum atomic E-state index is 13.4. The average Bonchev–Trinajstić information content (AvgIpc) is 2.32. The van der Waals surface area contributed by atoms with Crippen molar-refractivity contribution in [1.82, 2.24) is 4.98 Å². The minimum absolute atomic E-state index is 0.102. The molecule has 5 heteroatoms. The van der Waals surface area contributed by atoms with Crippen molar-refractivity contribution in [2.75, 3.05) is 0 Å². The van der Waals surface area contributed by atoms with Crippen LogP contribution in [0.5, 0.6) is 0 Å². The van der Waals surface area contributed by atoms with Crippen LogP contribution >= 0.6 is 11.6 Å². The molecule has 0 spiro atoms. The van der Waals surface area contributed by atoms with E-state index in [-0.39, 0.29) is 16.3 Å². The fourth-order valence-electron chi connectivity index (χ4n) is 1.44. The van der Waals surface area contributed by atoms with Gasteiger partial charge in [-0.25, -0.2) is 18.2 Å². The predicted octanol–water partition coefficient (Wildman–Crippen LogP) is 4.48. The number of hydrogen-bond acceptors (Lipinski definition) is 1. The van der Waals surface area contributed by atoms with Gasteiger partial charge in [-0.2, -0.15) is 0 Å². The SMILES string of the molecule is Fc1cnc(Cl)cc1-c1ccc(C(F)F)cc1. The van der Waals surface area contributed by atoms with Crippen LogP contribution in [0.25, 0.3) is 11.1 Å². The van der Waals surface area contributed by atoms with E-state index in [1.54, 1.807) is 0 Å². The molecule has 0 amide bonds. The number of pyridine rings is 1. The Morgan fingerprint density at radius 1 is 1.12 bits per heavy atom. The van der Waals surface area contributed by atoms with Gasteiger partial charge in [0.25, 0.3) is 6.43 Å². The van der Waals surface area contributed by atoms with Crippen molar-refractivity contribution in [3.63, 3.8) is 0 Å². The number of aromatic nitrogens is 1. The summed E-state index contributed by atoms with van der Waals surface area (Å²) in [5, 5.41) is 0.152. The van der Waals surface area contributed by atoms with Gasteiger partial charge in [-0.05, 0) is 11.6 Å². The molecule has 1 aromatic carbocycles. The summed E-state index contributed by atoms with van der Waals surface area (Å²) in [5.41, 5.74) is 0.622. The molecule has 2 aromatic rings. The van der Waals surface area contributed by atoms with Gasteiger partial charge < -0.3 is 0 Å². The Labute approximate surface area is 101 Å². The van der Waals surface area contributed by atoms with Crippen LogP contribution < -0.4 is 0 Å². The van der Waals surface area contributed by atoms with Crippen molar-refractivity contribution in [3.8, 4) is 11.1 Å². The van der Waals surface area contributed by atoms with E-state index in [4.69, 9.17) is 11.6 Å². The van der Waals surface area contributed by atoms with Crippen LogP contribution in [0.15, 0.2) is 36.5 Å². The standard InChI is InChI=1S/C12H7ClF3N/c13-11-5-9(10(14)6-17-11)7-1-3-8(4-2-7)12(15)16/h1-6,12H. The van der Waals surface area contributed by atoms with E-state index in [2.05, 4.69) is 4.98 Å². The van der Waals surface area contributed by atoms with Crippen molar-refractivity contribution in [3.05, 3.63) is 53.1 Å². The zero-order valence-electron chi connectivity index (χ0n) is 8.50. The lowest BCUT2D eigenvalue weighted by atomic mass is 10.0. The molecule has 88 valence electrons.